The van der Waals surface area contributed by atoms with Crippen molar-refractivity contribution in [3.63, 3.8) is 0 Å². The minimum absolute atomic E-state index is 1.05. The number of H-pyrrole nitrogens is 1. The fourth-order valence-electron chi connectivity index (χ4n) is 2.75. The molecule has 19 heavy (non-hydrogen) atoms. The summed E-state index contributed by atoms with van der Waals surface area (Å²) in [5.74, 6) is 0. The van der Waals surface area contributed by atoms with E-state index in [0.717, 1.165) is 21.6 Å². The molecule has 0 aliphatic rings. The Morgan fingerprint density at radius 3 is 2.84 bits per heavy atom. The van der Waals surface area contributed by atoms with E-state index in [4.69, 9.17) is 4.98 Å². The Kier molecular flexibility index (Phi) is 1.59. The van der Waals surface area contributed by atoms with Gasteiger partial charge in [-0.1, -0.05) is 41.7 Å². The Labute approximate surface area is 112 Å². The molecule has 3 heterocycles. The van der Waals surface area contributed by atoms with Gasteiger partial charge in [-0.3, -0.25) is 4.40 Å². The Bertz CT molecular complexity index is 1060. The number of aromatic nitrogens is 3. The van der Waals surface area contributed by atoms with Crippen LogP contribution in [0.4, 0.5) is 0 Å². The van der Waals surface area contributed by atoms with Gasteiger partial charge in [0, 0.05) is 10.9 Å². The zero-order chi connectivity index (χ0) is 12.4. The van der Waals surface area contributed by atoms with Crippen molar-refractivity contribution in [2.45, 2.75) is 0 Å². The van der Waals surface area contributed by atoms with Crippen LogP contribution in [0.1, 0.15) is 0 Å². The molecule has 4 heteroatoms. The van der Waals surface area contributed by atoms with Crippen LogP contribution in [-0.2, 0) is 0 Å². The third-order valence-corrected chi connectivity index (χ3v) is 4.61. The molecule has 0 saturated carbocycles. The second-order valence-corrected chi connectivity index (χ2v) is 5.68. The fourth-order valence-corrected chi connectivity index (χ4v) is 3.77. The molecule has 0 radical (unpaired) electrons. The summed E-state index contributed by atoms with van der Waals surface area (Å²) in [5, 5.41) is 1.19. The molecule has 0 aliphatic carbocycles. The van der Waals surface area contributed by atoms with Crippen LogP contribution in [0.15, 0.2) is 48.5 Å². The molecule has 0 aliphatic heterocycles. The average Bonchev–Trinajstić information content (AvgIpc) is 3.05. The second-order valence-electron chi connectivity index (χ2n) is 4.67. The van der Waals surface area contributed by atoms with Crippen molar-refractivity contribution < 1.29 is 0 Å². The van der Waals surface area contributed by atoms with E-state index in [2.05, 4.69) is 51.8 Å². The number of rotatable bonds is 0. The molecule has 0 fully saturated rings. The van der Waals surface area contributed by atoms with Gasteiger partial charge in [-0.25, -0.2) is 4.98 Å². The van der Waals surface area contributed by atoms with Gasteiger partial charge < -0.3 is 4.98 Å². The van der Waals surface area contributed by atoms with Crippen molar-refractivity contribution in [3.05, 3.63) is 48.5 Å². The summed E-state index contributed by atoms with van der Waals surface area (Å²) in [4.78, 5) is 9.33. The van der Waals surface area contributed by atoms with E-state index in [1.54, 1.807) is 11.3 Å². The summed E-state index contributed by atoms with van der Waals surface area (Å²) in [6, 6.07) is 16.7. The summed E-state index contributed by atoms with van der Waals surface area (Å²) in [6.45, 7) is 0. The molecule has 5 aromatic rings. The normalized spacial score (nSPS) is 12.2. The predicted octanol–water partition coefficient (Wildman–Crippen LogP) is 4.18. The molecule has 1 N–H and O–H groups in total. The molecule has 3 nitrogen and oxygen atoms in total. The van der Waals surface area contributed by atoms with Crippen molar-refractivity contribution in [2.24, 2.45) is 0 Å². The maximum atomic E-state index is 4.79. The Hall–Kier alpha value is -2.33. The van der Waals surface area contributed by atoms with E-state index in [1.165, 1.54) is 15.6 Å². The van der Waals surface area contributed by atoms with Gasteiger partial charge >= 0.3 is 0 Å². The van der Waals surface area contributed by atoms with Crippen LogP contribution in [0.25, 0.3) is 37.2 Å². The first-order valence-electron chi connectivity index (χ1n) is 6.18. The minimum Gasteiger partial charge on any atom is -0.339 e. The number of hydrogen-bond acceptors (Lipinski definition) is 2. The first-order chi connectivity index (χ1) is 9.42. The van der Waals surface area contributed by atoms with Gasteiger partial charge in [0.1, 0.15) is 11.2 Å². The van der Waals surface area contributed by atoms with Crippen molar-refractivity contribution in [3.8, 4) is 0 Å². The van der Waals surface area contributed by atoms with Gasteiger partial charge in [0.05, 0.1) is 10.2 Å². The lowest BCUT2D eigenvalue weighted by atomic mass is 10.2. The number of nitrogens with zero attached hydrogens (tertiary/aromatic N) is 2. The number of thiazole rings is 1. The van der Waals surface area contributed by atoms with Crippen molar-refractivity contribution in [2.75, 3.05) is 0 Å². The molecule has 2 aromatic carbocycles. The molecule has 3 aromatic heterocycles. The quantitative estimate of drug-likeness (QED) is 0.446. The number of hydrogen-bond donors (Lipinski definition) is 1. The first kappa shape index (κ1) is 9.58. The first-order valence-corrected chi connectivity index (χ1v) is 7.00. The van der Waals surface area contributed by atoms with Crippen LogP contribution in [0.2, 0.25) is 0 Å². The molecule has 0 unspecified atom stereocenters. The van der Waals surface area contributed by atoms with Gasteiger partial charge in [0.2, 0.25) is 0 Å². The molecule has 0 amide bonds. The standard InChI is InChI=1S/C15H9N3S/c1-2-6-10-9(5-1)13-14(16-10)18-11-7-3-4-8-12(11)19-15(18)17-13/h1-8,16H. The van der Waals surface area contributed by atoms with E-state index in [9.17, 15) is 0 Å². The lowest BCUT2D eigenvalue weighted by Gasteiger charge is -1.90. The van der Waals surface area contributed by atoms with E-state index in [1.807, 2.05) is 6.07 Å². The van der Waals surface area contributed by atoms with E-state index in [0.29, 0.717) is 0 Å². The summed E-state index contributed by atoms with van der Waals surface area (Å²) in [7, 11) is 0. The summed E-state index contributed by atoms with van der Waals surface area (Å²) in [6.07, 6.45) is 0. The van der Waals surface area contributed by atoms with Crippen LogP contribution in [0.5, 0.6) is 0 Å². The number of para-hydroxylation sites is 2. The number of imidazole rings is 1. The van der Waals surface area contributed by atoms with Crippen molar-refractivity contribution >= 4 is 48.6 Å². The smallest absolute Gasteiger partial charge is 0.197 e. The summed E-state index contributed by atoms with van der Waals surface area (Å²) in [5.41, 5.74) is 4.52. The molecular weight excluding hydrogens is 254 g/mol. The van der Waals surface area contributed by atoms with Gasteiger partial charge in [-0.05, 0) is 18.2 Å². The molecule has 5 rings (SSSR count). The summed E-state index contributed by atoms with van der Waals surface area (Å²) < 4.78 is 3.49. The number of fused-ring (bicyclic) bond motifs is 7. The third-order valence-electron chi connectivity index (χ3n) is 3.59. The van der Waals surface area contributed by atoms with Crippen LogP contribution >= 0.6 is 11.3 Å². The van der Waals surface area contributed by atoms with Gasteiger partial charge in [-0.15, -0.1) is 0 Å². The maximum absolute atomic E-state index is 4.79. The Morgan fingerprint density at radius 2 is 1.84 bits per heavy atom. The van der Waals surface area contributed by atoms with Gasteiger partial charge in [0.25, 0.3) is 0 Å². The number of benzene rings is 2. The maximum Gasteiger partial charge on any atom is 0.197 e. The highest BCUT2D eigenvalue weighted by molar-refractivity contribution is 7.23. The second kappa shape index (κ2) is 3.16. The van der Waals surface area contributed by atoms with Crippen LogP contribution in [-0.4, -0.2) is 14.4 Å². The molecule has 0 atom stereocenters. The monoisotopic (exact) mass is 263 g/mol. The Balaban J connectivity index is 2.12. The summed E-state index contributed by atoms with van der Waals surface area (Å²) >= 11 is 1.73. The lowest BCUT2D eigenvalue weighted by molar-refractivity contribution is 1.29. The van der Waals surface area contributed by atoms with E-state index < -0.39 is 0 Å². The van der Waals surface area contributed by atoms with E-state index >= 15 is 0 Å². The van der Waals surface area contributed by atoms with Crippen molar-refractivity contribution in [1.29, 1.82) is 0 Å². The number of nitrogens with one attached hydrogen (secondary N) is 1. The molecule has 0 bridgehead atoms. The minimum atomic E-state index is 1.05. The average molecular weight is 263 g/mol. The highest BCUT2D eigenvalue weighted by atomic mass is 32.1. The van der Waals surface area contributed by atoms with Gasteiger partial charge in [-0.2, -0.15) is 0 Å². The fraction of sp³-hybridized carbons (Fsp3) is 0. The van der Waals surface area contributed by atoms with E-state index in [-0.39, 0.29) is 0 Å². The lowest BCUT2D eigenvalue weighted by Crippen LogP contribution is -1.80. The zero-order valence-corrected chi connectivity index (χ0v) is 10.7. The SMILES string of the molecule is c1ccc2c(c1)[nH]c1c2nc2sc3ccccc3n21. The molecule has 0 saturated heterocycles. The molecule has 0 spiro atoms. The van der Waals surface area contributed by atoms with Crippen molar-refractivity contribution in [1.82, 2.24) is 14.4 Å². The highest BCUT2D eigenvalue weighted by Gasteiger charge is 2.14. The van der Waals surface area contributed by atoms with Crippen LogP contribution in [0.3, 0.4) is 0 Å². The largest absolute Gasteiger partial charge is 0.339 e. The predicted molar refractivity (Wildman–Crippen MR) is 79.9 cm³/mol. The zero-order valence-electron chi connectivity index (χ0n) is 9.92. The number of aromatic amines is 1. The van der Waals surface area contributed by atoms with Gasteiger partial charge in [0.15, 0.2) is 4.96 Å². The molecular formula is C15H9N3S. The Morgan fingerprint density at radius 1 is 1.00 bits per heavy atom. The highest BCUT2D eigenvalue weighted by Crippen LogP contribution is 2.32. The van der Waals surface area contributed by atoms with Crippen LogP contribution < -0.4 is 0 Å². The molecule has 90 valence electrons. The third kappa shape index (κ3) is 1.10. The topological polar surface area (TPSA) is 33.1 Å². The van der Waals surface area contributed by atoms with Crippen LogP contribution in [0, 0.1) is 0 Å².